The molecule has 1 aliphatic heterocycles. The number of aromatic nitrogens is 2. The lowest BCUT2D eigenvalue weighted by Crippen LogP contribution is -2.37. The van der Waals surface area contributed by atoms with E-state index in [1.807, 2.05) is 31.4 Å². The van der Waals surface area contributed by atoms with Crippen molar-refractivity contribution in [3.63, 3.8) is 0 Å². The summed E-state index contributed by atoms with van der Waals surface area (Å²) in [7, 11) is 0. The zero-order valence-corrected chi connectivity index (χ0v) is 16.0. The Morgan fingerprint density at radius 3 is 2.74 bits per heavy atom. The van der Waals surface area contributed by atoms with Crippen LogP contribution in [-0.4, -0.2) is 32.8 Å². The fraction of sp³-hybridized carbons (Fsp3) is 0.300. The summed E-state index contributed by atoms with van der Waals surface area (Å²) in [6, 6.07) is 6.09. The van der Waals surface area contributed by atoms with Crippen molar-refractivity contribution in [2.45, 2.75) is 33.2 Å². The van der Waals surface area contributed by atoms with Crippen LogP contribution in [0.2, 0.25) is 0 Å². The van der Waals surface area contributed by atoms with Crippen molar-refractivity contribution in [3.05, 3.63) is 51.4 Å². The predicted octanol–water partition coefficient (Wildman–Crippen LogP) is 2.89. The Morgan fingerprint density at radius 2 is 2.04 bits per heavy atom. The summed E-state index contributed by atoms with van der Waals surface area (Å²) < 4.78 is 1.30. The molecule has 0 aliphatic carbocycles. The van der Waals surface area contributed by atoms with Crippen LogP contribution in [0.1, 0.15) is 24.0 Å². The van der Waals surface area contributed by atoms with Gasteiger partial charge in [-0.3, -0.25) is 23.9 Å². The van der Waals surface area contributed by atoms with Gasteiger partial charge in [-0.25, -0.2) is 4.98 Å². The molecule has 3 heterocycles. The standard InChI is InChI=1S/C20H19N3O3S/c1-12-5-6-14(8-13(12)2)15-10-27-19-18(15)20(26)22(11-21-19)9-17(25)23-7-3-4-16(23)24/h5-6,8,10-11H,3-4,7,9H2,1-2H3. The Balaban J connectivity index is 1.75. The third-order valence-corrected chi connectivity index (χ3v) is 5.95. The van der Waals surface area contributed by atoms with Gasteiger partial charge in [-0.15, -0.1) is 11.3 Å². The summed E-state index contributed by atoms with van der Waals surface area (Å²) in [4.78, 5) is 43.4. The molecule has 27 heavy (non-hydrogen) atoms. The van der Waals surface area contributed by atoms with Gasteiger partial charge in [-0.1, -0.05) is 18.2 Å². The lowest BCUT2D eigenvalue weighted by Gasteiger charge is -2.14. The van der Waals surface area contributed by atoms with Gasteiger partial charge < -0.3 is 0 Å². The van der Waals surface area contributed by atoms with E-state index in [2.05, 4.69) is 11.1 Å². The van der Waals surface area contributed by atoms with E-state index >= 15 is 0 Å². The molecule has 1 aromatic carbocycles. The van der Waals surface area contributed by atoms with Gasteiger partial charge in [-0.05, 0) is 37.0 Å². The number of likely N-dealkylation sites (tertiary alicyclic amines) is 1. The first-order valence-electron chi connectivity index (χ1n) is 8.83. The van der Waals surface area contributed by atoms with Crippen molar-refractivity contribution in [3.8, 4) is 11.1 Å². The normalized spacial score (nSPS) is 14.3. The largest absolute Gasteiger partial charge is 0.289 e. The Morgan fingerprint density at radius 1 is 1.22 bits per heavy atom. The molecule has 0 unspecified atom stereocenters. The van der Waals surface area contributed by atoms with Gasteiger partial charge in [-0.2, -0.15) is 0 Å². The topological polar surface area (TPSA) is 72.3 Å². The number of fused-ring (bicyclic) bond motifs is 1. The number of rotatable bonds is 3. The van der Waals surface area contributed by atoms with Gasteiger partial charge in [0, 0.05) is 23.9 Å². The lowest BCUT2D eigenvalue weighted by molar-refractivity contribution is -0.142. The highest BCUT2D eigenvalue weighted by molar-refractivity contribution is 7.17. The summed E-state index contributed by atoms with van der Waals surface area (Å²) in [5, 5.41) is 2.45. The number of hydrogen-bond donors (Lipinski definition) is 0. The zero-order valence-electron chi connectivity index (χ0n) is 15.2. The van der Waals surface area contributed by atoms with Gasteiger partial charge >= 0.3 is 0 Å². The first kappa shape index (κ1) is 17.6. The van der Waals surface area contributed by atoms with Crippen molar-refractivity contribution in [2.24, 2.45) is 0 Å². The molecule has 7 heteroatoms. The third-order valence-electron chi connectivity index (χ3n) is 5.06. The number of aryl methyl sites for hydroxylation is 2. The van der Waals surface area contributed by atoms with Crippen LogP contribution in [0.3, 0.4) is 0 Å². The minimum Gasteiger partial charge on any atom is -0.289 e. The summed E-state index contributed by atoms with van der Waals surface area (Å²) in [6.07, 6.45) is 2.46. The maximum absolute atomic E-state index is 13.0. The second-order valence-electron chi connectivity index (χ2n) is 6.85. The van der Waals surface area contributed by atoms with E-state index in [4.69, 9.17) is 0 Å². The maximum Gasteiger partial charge on any atom is 0.263 e. The van der Waals surface area contributed by atoms with Gasteiger partial charge in [0.25, 0.3) is 5.56 Å². The van der Waals surface area contributed by atoms with E-state index in [0.717, 1.165) is 16.7 Å². The van der Waals surface area contributed by atoms with E-state index < -0.39 is 0 Å². The number of carbonyl (C=O) groups excluding carboxylic acids is 2. The predicted molar refractivity (Wildman–Crippen MR) is 105 cm³/mol. The number of carbonyl (C=O) groups is 2. The van der Waals surface area contributed by atoms with Crippen molar-refractivity contribution < 1.29 is 9.59 Å². The maximum atomic E-state index is 13.0. The molecule has 0 radical (unpaired) electrons. The SMILES string of the molecule is Cc1ccc(-c2csc3ncn(CC(=O)N4CCCC4=O)c(=O)c23)cc1C. The molecule has 1 aliphatic rings. The number of imide groups is 1. The molecule has 138 valence electrons. The highest BCUT2D eigenvalue weighted by atomic mass is 32.1. The van der Waals surface area contributed by atoms with Crippen molar-refractivity contribution in [1.82, 2.24) is 14.5 Å². The van der Waals surface area contributed by atoms with Crippen LogP contribution in [0, 0.1) is 13.8 Å². The van der Waals surface area contributed by atoms with Crippen molar-refractivity contribution in [2.75, 3.05) is 6.54 Å². The number of thiophene rings is 1. The molecule has 1 fully saturated rings. The van der Waals surface area contributed by atoms with Crippen LogP contribution in [-0.2, 0) is 16.1 Å². The van der Waals surface area contributed by atoms with Crippen LogP contribution >= 0.6 is 11.3 Å². The molecule has 0 bridgehead atoms. The Bertz CT molecular complexity index is 1130. The first-order chi connectivity index (χ1) is 13.0. The molecular formula is C20H19N3O3S. The zero-order chi connectivity index (χ0) is 19.1. The van der Waals surface area contributed by atoms with Crippen LogP contribution in [0.25, 0.3) is 21.3 Å². The molecule has 4 rings (SSSR count). The smallest absolute Gasteiger partial charge is 0.263 e. The van der Waals surface area contributed by atoms with Crippen LogP contribution in [0.4, 0.5) is 0 Å². The molecule has 0 atom stereocenters. The van der Waals surface area contributed by atoms with Crippen molar-refractivity contribution in [1.29, 1.82) is 0 Å². The van der Waals surface area contributed by atoms with E-state index in [0.29, 0.717) is 29.6 Å². The van der Waals surface area contributed by atoms with Crippen LogP contribution in [0.5, 0.6) is 0 Å². The minimum atomic E-state index is -0.358. The summed E-state index contributed by atoms with van der Waals surface area (Å²) in [5.74, 6) is -0.530. The average molecular weight is 381 g/mol. The molecule has 0 N–H and O–H groups in total. The minimum absolute atomic E-state index is 0.171. The Labute approximate surface area is 160 Å². The average Bonchev–Trinajstić information content (AvgIpc) is 3.26. The molecule has 0 saturated carbocycles. The van der Waals surface area contributed by atoms with E-state index in [-0.39, 0.29) is 23.9 Å². The fourth-order valence-electron chi connectivity index (χ4n) is 3.34. The first-order valence-corrected chi connectivity index (χ1v) is 9.71. The summed E-state index contributed by atoms with van der Waals surface area (Å²) >= 11 is 1.41. The van der Waals surface area contributed by atoms with Gasteiger partial charge in [0.1, 0.15) is 11.4 Å². The van der Waals surface area contributed by atoms with E-state index in [9.17, 15) is 14.4 Å². The Kier molecular flexibility index (Phi) is 4.39. The van der Waals surface area contributed by atoms with Crippen LogP contribution in [0.15, 0.2) is 34.7 Å². The van der Waals surface area contributed by atoms with E-state index in [1.165, 1.54) is 32.7 Å². The van der Waals surface area contributed by atoms with Crippen molar-refractivity contribution >= 4 is 33.4 Å². The van der Waals surface area contributed by atoms with Gasteiger partial charge in [0.15, 0.2) is 0 Å². The van der Waals surface area contributed by atoms with Gasteiger partial charge in [0.2, 0.25) is 11.8 Å². The highest BCUT2D eigenvalue weighted by Gasteiger charge is 2.27. The number of nitrogens with zero attached hydrogens (tertiary/aromatic N) is 3. The number of hydrogen-bond acceptors (Lipinski definition) is 5. The quantitative estimate of drug-likeness (QED) is 0.699. The van der Waals surface area contributed by atoms with Gasteiger partial charge in [0.05, 0.1) is 11.7 Å². The Hall–Kier alpha value is -2.80. The number of benzene rings is 1. The highest BCUT2D eigenvalue weighted by Crippen LogP contribution is 2.31. The monoisotopic (exact) mass is 381 g/mol. The lowest BCUT2D eigenvalue weighted by atomic mass is 10.0. The second-order valence-corrected chi connectivity index (χ2v) is 7.71. The molecule has 2 amide bonds. The second kappa shape index (κ2) is 6.74. The molecule has 3 aromatic rings. The molecule has 1 saturated heterocycles. The third kappa shape index (κ3) is 3.08. The summed E-state index contributed by atoms with van der Waals surface area (Å²) in [6.45, 7) is 4.34. The fourth-order valence-corrected chi connectivity index (χ4v) is 4.25. The molecular weight excluding hydrogens is 362 g/mol. The molecule has 0 spiro atoms. The van der Waals surface area contributed by atoms with E-state index in [1.54, 1.807) is 0 Å². The molecule has 6 nitrogen and oxygen atoms in total. The molecule has 2 aromatic heterocycles. The number of amides is 2. The summed E-state index contributed by atoms with van der Waals surface area (Å²) in [5.41, 5.74) is 3.87. The van der Waals surface area contributed by atoms with Crippen LogP contribution < -0.4 is 5.56 Å².